The first-order valence-corrected chi connectivity index (χ1v) is 5.29. The minimum atomic E-state index is -0.204. The normalized spacial score (nSPS) is 9.80. The average molecular weight is 322 g/mol. The maximum Gasteiger partial charge on any atom is 0.266 e. The van der Waals surface area contributed by atoms with Gasteiger partial charge in [0, 0.05) is 14.1 Å². The molecule has 82 valence electrons. The van der Waals surface area contributed by atoms with E-state index in [4.69, 9.17) is 0 Å². The number of anilines is 1. The number of carbonyl (C=O) groups is 1. The number of hydrogen-bond acceptors (Lipinski definition) is 4. The molecule has 0 fully saturated rings. The zero-order chi connectivity index (χ0) is 11.4. The Hall–Kier alpha value is -1.12. The first-order valence-electron chi connectivity index (χ1n) is 4.21. The van der Waals surface area contributed by atoms with Gasteiger partial charge in [0.2, 0.25) is 5.91 Å². The van der Waals surface area contributed by atoms with Gasteiger partial charge in [-0.1, -0.05) is 0 Å². The van der Waals surface area contributed by atoms with Gasteiger partial charge in [-0.05, 0) is 22.6 Å². The van der Waals surface area contributed by atoms with E-state index >= 15 is 0 Å². The molecule has 6 nitrogen and oxygen atoms in total. The lowest BCUT2D eigenvalue weighted by atomic mass is 10.4. The average Bonchev–Trinajstić information content (AvgIpc) is 2.21. The van der Waals surface area contributed by atoms with E-state index < -0.39 is 0 Å². The van der Waals surface area contributed by atoms with Crippen molar-refractivity contribution in [2.24, 2.45) is 0 Å². The highest BCUT2D eigenvalue weighted by Crippen LogP contribution is 2.12. The standard InChI is InChI=1S/C8H11IN4O2/c1-10-5(14)3-13(2)7-6(9)8(15)12-4-11-7/h4H,3H2,1-2H3,(H,10,14)(H,11,12,15). The summed E-state index contributed by atoms with van der Waals surface area (Å²) < 4.78 is 0.474. The van der Waals surface area contributed by atoms with E-state index in [2.05, 4.69) is 15.3 Å². The monoisotopic (exact) mass is 322 g/mol. The van der Waals surface area contributed by atoms with E-state index in [0.717, 1.165) is 0 Å². The summed E-state index contributed by atoms with van der Waals surface area (Å²) in [5, 5.41) is 2.50. The second-order valence-electron chi connectivity index (χ2n) is 2.90. The Labute approximate surface area is 100 Å². The van der Waals surface area contributed by atoms with Gasteiger partial charge in [-0.2, -0.15) is 0 Å². The fourth-order valence-corrected chi connectivity index (χ4v) is 1.72. The van der Waals surface area contributed by atoms with Gasteiger partial charge in [0.05, 0.1) is 12.9 Å². The van der Waals surface area contributed by atoms with Crippen LogP contribution < -0.4 is 15.8 Å². The third-order valence-corrected chi connectivity index (χ3v) is 2.77. The van der Waals surface area contributed by atoms with E-state index in [1.807, 2.05) is 22.6 Å². The van der Waals surface area contributed by atoms with E-state index in [1.165, 1.54) is 6.33 Å². The summed E-state index contributed by atoms with van der Waals surface area (Å²) in [6.45, 7) is 0.170. The van der Waals surface area contributed by atoms with Crippen molar-refractivity contribution in [1.82, 2.24) is 15.3 Å². The number of H-pyrrole nitrogens is 1. The van der Waals surface area contributed by atoms with Crippen molar-refractivity contribution < 1.29 is 4.79 Å². The van der Waals surface area contributed by atoms with Crippen molar-refractivity contribution in [1.29, 1.82) is 0 Å². The van der Waals surface area contributed by atoms with Gasteiger partial charge in [0.15, 0.2) is 0 Å². The molecule has 0 atom stereocenters. The van der Waals surface area contributed by atoms with Gasteiger partial charge < -0.3 is 15.2 Å². The summed E-state index contributed by atoms with van der Waals surface area (Å²) in [4.78, 5) is 30.5. The third-order valence-electron chi connectivity index (χ3n) is 1.80. The Morgan fingerprint density at radius 2 is 2.40 bits per heavy atom. The Kier molecular flexibility index (Phi) is 4.06. The van der Waals surface area contributed by atoms with Crippen molar-refractivity contribution in [3.63, 3.8) is 0 Å². The molecule has 0 aromatic carbocycles. The number of aromatic amines is 1. The van der Waals surface area contributed by atoms with E-state index in [1.54, 1.807) is 19.0 Å². The molecule has 1 rings (SSSR count). The molecule has 0 bridgehead atoms. The SMILES string of the molecule is CNC(=O)CN(C)c1nc[nH]c(=O)c1I. The summed E-state index contributed by atoms with van der Waals surface area (Å²) in [6, 6.07) is 0. The van der Waals surface area contributed by atoms with Crippen LogP contribution in [0.2, 0.25) is 0 Å². The number of aromatic nitrogens is 2. The lowest BCUT2D eigenvalue weighted by molar-refractivity contribution is -0.119. The highest BCUT2D eigenvalue weighted by molar-refractivity contribution is 14.1. The minimum absolute atomic E-state index is 0.129. The number of nitrogens with zero attached hydrogens (tertiary/aromatic N) is 2. The molecule has 0 saturated heterocycles. The number of nitrogens with one attached hydrogen (secondary N) is 2. The van der Waals surface area contributed by atoms with Gasteiger partial charge in [0.25, 0.3) is 5.56 Å². The number of rotatable bonds is 3. The van der Waals surface area contributed by atoms with Gasteiger partial charge in [0.1, 0.15) is 9.39 Å². The highest BCUT2D eigenvalue weighted by atomic mass is 127. The van der Waals surface area contributed by atoms with Crippen molar-refractivity contribution in [3.8, 4) is 0 Å². The van der Waals surface area contributed by atoms with Crippen LogP contribution in [0.3, 0.4) is 0 Å². The molecule has 0 aliphatic heterocycles. The number of carbonyl (C=O) groups excluding carboxylic acids is 1. The van der Waals surface area contributed by atoms with Crippen LogP contribution in [-0.4, -0.2) is 36.5 Å². The molecule has 1 amide bonds. The van der Waals surface area contributed by atoms with Crippen LogP contribution in [-0.2, 0) is 4.79 Å². The zero-order valence-corrected chi connectivity index (χ0v) is 10.5. The van der Waals surface area contributed by atoms with Gasteiger partial charge in [-0.3, -0.25) is 9.59 Å². The van der Waals surface area contributed by atoms with Crippen molar-refractivity contribution >= 4 is 34.3 Å². The largest absolute Gasteiger partial charge is 0.358 e. The smallest absolute Gasteiger partial charge is 0.266 e. The van der Waals surface area contributed by atoms with Crippen LogP contribution in [0.15, 0.2) is 11.1 Å². The highest BCUT2D eigenvalue weighted by Gasteiger charge is 2.12. The molecule has 0 unspecified atom stereocenters. The summed E-state index contributed by atoms with van der Waals surface area (Å²) in [6.07, 6.45) is 1.32. The molecule has 15 heavy (non-hydrogen) atoms. The van der Waals surface area contributed by atoms with Crippen molar-refractivity contribution in [2.75, 3.05) is 25.5 Å². The topological polar surface area (TPSA) is 78.1 Å². The molecule has 1 aromatic heterocycles. The Morgan fingerprint density at radius 1 is 1.73 bits per heavy atom. The molecule has 1 heterocycles. The fourth-order valence-electron chi connectivity index (χ4n) is 1.01. The molecule has 0 spiro atoms. The van der Waals surface area contributed by atoms with Crippen molar-refractivity contribution in [2.45, 2.75) is 0 Å². The lowest BCUT2D eigenvalue weighted by Crippen LogP contribution is -2.34. The Morgan fingerprint density at radius 3 is 3.00 bits per heavy atom. The zero-order valence-electron chi connectivity index (χ0n) is 8.37. The maximum atomic E-state index is 11.3. The predicted molar refractivity (Wildman–Crippen MR) is 64.9 cm³/mol. The molecule has 7 heteroatoms. The Balaban J connectivity index is 2.91. The van der Waals surface area contributed by atoms with Crippen LogP contribution in [0.4, 0.5) is 5.82 Å². The van der Waals surface area contributed by atoms with E-state index in [9.17, 15) is 9.59 Å². The maximum absolute atomic E-state index is 11.3. The lowest BCUT2D eigenvalue weighted by Gasteiger charge is -2.17. The fraction of sp³-hybridized carbons (Fsp3) is 0.375. The number of halogens is 1. The predicted octanol–water partition coefficient (Wildman–Crippen LogP) is -0.443. The van der Waals surface area contributed by atoms with E-state index in [0.29, 0.717) is 9.39 Å². The molecule has 2 N–H and O–H groups in total. The third kappa shape index (κ3) is 2.91. The van der Waals surface area contributed by atoms with Crippen LogP contribution in [0, 0.1) is 3.57 Å². The Bertz CT molecular complexity index is 417. The minimum Gasteiger partial charge on any atom is -0.358 e. The number of amides is 1. The number of hydrogen-bond donors (Lipinski definition) is 2. The van der Waals surface area contributed by atoms with Crippen LogP contribution in [0.5, 0.6) is 0 Å². The van der Waals surface area contributed by atoms with Crippen LogP contribution >= 0.6 is 22.6 Å². The second-order valence-corrected chi connectivity index (χ2v) is 3.98. The van der Waals surface area contributed by atoms with Crippen LogP contribution in [0.25, 0.3) is 0 Å². The van der Waals surface area contributed by atoms with Crippen LogP contribution in [0.1, 0.15) is 0 Å². The molecule has 0 aliphatic carbocycles. The van der Waals surface area contributed by atoms with Crippen molar-refractivity contribution in [3.05, 3.63) is 20.3 Å². The van der Waals surface area contributed by atoms with Gasteiger partial charge >= 0.3 is 0 Å². The molecule has 0 aliphatic rings. The molecule has 0 radical (unpaired) electrons. The molecule has 0 saturated carbocycles. The first-order chi connectivity index (χ1) is 7.06. The molecular formula is C8H11IN4O2. The quantitative estimate of drug-likeness (QED) is 0.740. The second kappa shape index (κ2) is 5.10. The first kappa shape index (κ1) is 12.0. The van der Waals surface area contributed by atoms with Gasteiger partial charge in [-0.25, -0.2) is 4.98 Å². The number of likely N-dealkylation sites (N-methyl/N-ethyl adjacent to an activating group) is 2. The molecular weight excluding hydrogens is 311 g/mol. The van der Waals surface area contributed by atoms with E-state index in [-0.39, 0.29) is 18.0 Å². The molecule has 1 aromatic rings. The summed E-state index contributed by atoms with van der Waals surface area (Å²) in [7, 11) is 3.27. The summed E-state index contributed by atoms with van der Waals surface area (Å²) >= 11 is 1.90. The van der Waals surface area contributed by atoms with Gasteiger partial charge in [-0.15, -0.1) is 0 Å². The summed E-state index contributed by atoms with van der Waals surface area (Å²) in [5.41, 5.74) is -0.204. The summed E-state index contributed by atoms with van der Waals surface area (Å²) in [5.74, 6) is 0.373.